The number of hydrogen-bond acceptors (Lipinski definition) is 6. The second kappa shape index (κ2) is 11.1. The largest absolute Gasteiger partial charge is 0.496 e. The molecule has 0 fully saturated rings. The first-order chi connectivity index (χ1) is 15.5. The third-order valence-corrected chi connectivity index (χ3v) is 4.79. The monoisotopic (exact) mass is 454 g/mol. The number of halogens is 1. The summed E-state index contributed by atoms with van der Waals surface area (Å²) in [6.07, 6.45) is 1.47. The van der Waals surface area contributed by atoms with Crippen LogP contribution in [0.1, 0.15) is 21.5 Å². The van der Waals surface area contributed by atoms with Crippen molar-refractivity contribution in [3.63, 3.8) is 0 Å². The Hall–Kier alpha value is -3.71. The summed E-state index contributed by atoms with van der Waals surface area (Å²) in [7, 11) is 4.61. The van der Waals surface area contributed by atoms with Crippen molar-refractivity contribution in [2.24, 2.45) is 5.10 Å². The molecule has 0 unspecified atom stereocenters. The first-order valence-electron chi connectivity index (χ1n) is 9.64. The van der Waals surface area contributed by atoms with Crippen LogP contribution >= 0.6 is 11.6 Å². The fraction of sp³-hybridized carbons (Fsp3) is 0.167. The summed E-state index contributed by atoms with van der Waals surface area (Å²) < 4.78 is 21.6. The number of carbonyl (C=O) groups excluding carboxylic acids is 1. The quantitative estimate of drug-likeness (QED) is 0.374. The number of ether oxygens (including phenoxy) is 4. The molecule has 166 valence electrons. The zero-order valence-electron chi connectivity index (χ0n) is 17.9. The number of nitrogens with one attached hydrogen (secondary N) is 1. The van der Waals surface area contributed by atoms with E-state index in [-0.39, 0.29) is 5.91 Å². The molecular formula is C24H23ClN2O5. The van der Waals surface area contributed by atoms with Crippen molar-refractivity contribution < 1.29 is 23.7 Å². The highest BCUT2D eigenvalue weighted by Gasteiger charge is 2.11. The topological polar surface area (TPSA) is 78.4 Å². The van der Waals surface area contributed by atoms with E-state index in [0.717, 1.165) is 5.56 Å². The summed E-state index contributed by atoms with van der Waals surface area (Å²) in [4.78, 5) is 12.4. The van der Waals surface area contributed by atoms with Crippen molar-refractivity contribution in [3.05, 3.63) is 82.4 Å². The van der Waals surface area contributed by atoms with E-state index in [1.807, 2.05) is 24.3 Å². The van der Waals surface area contributed by atoms with Crippen LogP contribution in [0, 0.1) is 0 Å². The Morgan fingerprint density at radius 2 is 1.53 bits per heavy atom. The Kier molecular flexibility index (Phi) is 7.94. The number of hydrogen-bond donors (Lipinski definition) is 1. The van der Waals surface area contributed by atoms with Crippen LogP contribution in [0.25, 0.3) is 0 Å². The molecule has 32 heavy (non-hydrogen) atoms. The zero-order chi connectivity index (χ0) is 22.9. The Morgan fingerprint density at radius 1 is 0.906 bits per heavy atom. The number of methoxy groups -OCH3 is 3. The molecule has 0 bridgehead atoms. The molecule has 0 heterocycles. The molecule has 0 spiro atoms. The third-order valence-electron chi connectivity index (χ3n) is 4.54. The van der Waals surface area contributed by atoms with Crippen LogP contribution in [0.3, 0.4) is 0 Å². The van der Waals surface area contributed by atoms with E-state index in [0.29, 0.717) is 45.8 Å². The molecule has 3 rings (SSSR count). The molecule has 0 aromatic heterocycles. The van der Waals surface area contributed by atoms with Gasteiger partial charge in [-0.3, -0.25) is 4.79 Å². The minimum absolute atomic E-state index is 0.357. The highest BCUT2D eigenvalue weighted by molar-refractivity contribution is 6.30. The smallest absolute Gasteiger partial charge is 0.271 e. The lowest BCUT2D eigenvalue weighted by Crippen LogP contribution is -2.17. The van der Waals surface area contributed by atoms with Gasteiger partial charge in [-0.05, 0) is 48.0 Å². The van der Waals surface area contributed by atoms with Crippen molar-refractivity contribution in [1.82, 2.24) is 5.43 Å². The van der Waals surface area contributed by atoms with Crippen molar-refractivity contribution in [2.75, 3.05) is 21.3 Å². The molecule has 3 aromatic carbocycles. The van der Waals surface area contributed by atoms with E-state index in [1.165, 1.54) is 20.4 Å². The summed E-state index contributed by atoms with van der Waals surface area (Å²) in [6.45, 7) is 0.403. The molecule has 8 heteroatoms. The predicted molar refractivity (Wildman–Crippen MR) is 123 cm³/mol. The van der Waals surface area contributed by atoms with Gasteiger partial charge in [0.2, 0.25) is 0 Å². The SMILES string of the molecule is COc1cc(OC)c(OC)cc1/C=N/NC(=O)c1ccc(OCc2ccc(Cl)cc2)cc1. The van der Waals surface area contributed by atoms with Gasteiger partial charge in [0.25, 0.3) is 5.91 Å². The first-order valence-corrected chi connectivity index (χ1v) is 10.0. The lowest BCUT2D eigenvalue weighted by Gasteiger charge is -2.11. The van der Waals surface area contributed by atoms with Gasteiger partial charge in [0.15, 0.2) is 11.5 Å². The van der Waals surface area contributed by atoms with Gasteiger partial charge < -0.3 is 18.9 Å². The van der Waals surface area contributed by atoms with Crippen LogP contribution < -0.4 is 24.4 Å². The standard InChI is InChI=1S/C24H23ClN2O5/c1-29-21-13-23(31-3)22(30-2)12-18(21)14-26-27-24(28)17-6-10-20(11-7-17)32-15-16-4-8-19(25)9-5-16/h4-14H,15H2,1-3H3,(H,27,28)/b26-14+. The molecule has 3 aromatic rings. The highest BCUT2D eigenvalue weighted by Crippen LogP contribution is 2.33. The van der Waals surface area contributed by atoms with Gasteiger partial charge in [0.05, 0.1) is 27.5 Å². The summed E-state index contributed by atoms with van der Waals surface area (Å²) in [5, 5.41) is 4.70. The molecular weight excluding hydrogens is 432 g/mol. The van der Waals surface area contributed by atoms with E-state index in [1.54, 1.807) is 43.5 Å². The Balaban J connectivity index is 1.60. The Morgan fingerprint density at radius 3 is 2.16 bits per heavy atom. The summed E-state index contributed by atoms with van der Waals surface area (Å²) >= 11 is 5.88. The number of carbonyl (C=O) groups is 1. The van der Waals surface area contributed by atoms with Crippen LogP contribution in [-0.4, -0.2) is 33.5 Å². The normalized spacial score (nSPS) is 10.6. The lowest BCUT2D eigenvalue weighted by molar-refractivity contribution is 0.0955. The van der Waals surface area contributed by atoms with E-state index < -0.39 is 0 Å². The van der Waals surface area contributed by atoms with Gasteiger partial charge in [-0.1, -0.05) is 23.7 Å². The van der Waals surface area contributed by atoms with Gasteiger partial charge in [0, 0.05) is 22.2 Å². The van der Waals surface area contributed by atoms with Crippen molar-refractivity contribution in [3.8, 4) is 23.0 Å². The van der Waals surface area contributed by atoms with Crippen LogP contribution in [0.2, 0.25) is 5.02 Å². The van der Waals surface area contributed by atoms with E-state index in [9.17, 15) is 4.79 Å². The fourth-order valence-corrected chi connectivity index (χ4v) is 2.95. The molecule has 0 radical (unpaired) electrons. The summed E-state index contributed by atoms with van der Waals surface area (Å²) in [6, 6.07) is 17.6. The molecule has 0 saturated heterocycles. The van der Waals surface area contributed by atoms with Gasteiger partial charge in [0.1, 0.15) is 18.1 Å². The average molecular weight is 455 g/mol. The maximum atomic E-state index is 12.4. The van der Waals surface area contributed by atoms with E-state index in [2.05, 4.69) is 10.5 Å². The maximum absolute atomic E-state index is 12.4. The van der Waals surface area contributed by atoms with Crippen molar-refractivity contribution in [2.45, 2.75) is 6.61 Å². The second-order valence-electron chi connectivity index (χ2n) is 6.59. The Bertz CT molecular complexity index is 1080. The van der Waals surface area contributed by atoms with Gasteiger partial charge in [-0.15, -0.1) is 0 Å². The minimum Gasteiger partial charge on any atom is -0.496 e. The Labute approximate surface area is 191 Å². The van der Waals surface area contributed by atoms with Crippen LogP contribution in [0.5, 0.6) is 23.0 Å². The lowest BCUT2D eigenvalue weighted by atomic mass is 10.2. The number of hydrazone groups is 1. The zero-order valence-corrected chi connectivity index (χ0v) is 18.7. The maximum Gasteiger partial charge on any atom is 0.271 e. The number of nitrogens with zero attached hydrogens (tertiary/aromatic N) is 1. The minimum atomic E-state index is -0.357. The van der Waals surface area contributed by atoms with E-state index >= 15 is 0 Å². The molecule has 0 saturated carbocycles. The van der Waals surface area contributed by atoms with Crippen molar-refractivity contribution in [1.29, 1.82) is 0 Å². The second-order valence-corrected chi connectivity index (χ2v) is 7.02. The van der Waals surface area contributed by atoms with Crippen LogP contribution in [-0.2, 0) is 6.61 Å². The van der Waals surface area contributed by atoms with Crippen LogP contribution in [0.4, 0.5) is 0 Å². The number of benzene rings is 3. The average Bonchev–Trinajstić information content (AvgIpc) is 2.83. The number of rotatable bonds is 9. The molecule has 0 aliphatic carbocycles. The fourth-order valence-electron chi connectivity index (χ4n) is 2.83. The number of amides is 1. The molecule has 0 aliphatic rings. The van der Waals surface area contributed by atoms with Crippen LogP contribution in [0.15, 0.2) is 65.8 Å². The highest BCUT2D eigenvalue weighted by atomic mass is 35.5. The molecule has 7 nitrogen and oxygen atoms in total. The van der Waals surface area contributed by atoms with Crippen molar-refractivity contribution >= 4 is 23.7 Å². The van der Waals surface area contributed by atoms with Gasteiger partial charge in [-0.2, -0.15) is 5.10 Å². The van der Waals surface area contributed by atoms with Gasteiger partial charge >= 0.3 is 0 Å². The molecule has 0 aliphatic heterocycles. The van der Waals surface area contributed by atoms with E-state index in [4.69, 9.17) is 30.5 Å². The third kappa shape index (κ3) is 5.92. The summed E-state index contributed by atoms with van der Waals surface area (Å²) in [5.74, 6) is 1.88. The first kappa shape index (κ1) is 23.0. The molecule has 1 amide bonds. The van der Waals surface area contributed by atoms with Gasteiger partial charge in [-0.25, -0.2) is 5.43 Å². The summed E-state index contributed by atoms with van der Waals surface area (Å²) in [5.41, 5.74) is 4.56. The molecule has 0 atom stereocenters. The molecule has 1 N–H and O–H groups in total. The predicted octanol–water partition coefficient (Wildman–Crippen LogP) is 4.71.